The number of benzene rings is 3. The van der Waals surface area contributed by atoms with Gasteiger partial charge in [0.2, 0.25) is 5.95 Å². The summed E-state index contributed by atoms with van der Waals surface area (Å²) in [4.78, 5) is 4.77. The molecule has 0 saturated carbocycles. The van der Waals surface area contributed by atoms with E-state index in [-0.39, 0.29) is 5.75 Å². The number of anilines is 1. The van der Waals surface area contributed by atoms with E-state index < -0.39 is 12.7 Å². The molecule has 0 aliphatic carbocycles. The number of fused-ring (bicyclic) bond motifs is 3. The fourth-order valence-electron chi connectivity index (χ4n) is 4.21. The van der Waals surface area contributed by atoms with Crippen LogP contribution in [0.2, 0.25) is 0 Å². The van der Waals surface area contributed by atoms with Crippen LogP contribution >= 0.6 is 15.9 Å². The van der Waals surface area contributed by atoms with Crippen LogP contribution in [0.4, 0.5) is 14.7 Å². The highest BCUT2D eigenvalue weighted by Crippen LogP contribution is 2.41. The van der Waals surface area contributed by atoms with Crippen LogP contribution in [0.1, 0.15) is 42.5 Å². The molecule has 0 unspecified atom stereocenters. The molecule has 3 aromatic carbocycles. The largest absolute Gasteiger partial charge is 0.434 e. The summed E-state index contributed by atoms with van der Waals surface area (Å²) in [5.41, 5.74) is 5.44. The van der Waals surface area contributed by atoms with E-state index >= 15 is 0 Å². The molecule has 7 heteroatoms. The summed E-state index contributed by atoms with van der Waals surface area (Å²) in [6.07, 6.45) is 2.03. The average molecular weight is 510 g/mol. The third-order valence-corrected chi connectivity index (χ3v) is 6.33. The van der Waals surface area contributed by atoms with Gasteiger partial charge < -0.3 is 10.1 Å². The Morgan fingerprint density at radius 3 is 2.52 bits per heavy atom. The van der Waals surface area contributed by atoms with Gasteiger partial charge in [0.05, 0.1) is 17.1 Å². The summed E-state index contributed by atoms with van der Waals surface area (Å²) in [7, 11) is 0. The van der Waals surface area contributed by atoms with Crippen molar-refractivity contribution in [2.24, 2.45) is 0 Å². The van der Waals surface area contributed by atoms with Crippen LogP contribution in [0, 0.1) is 0 Å². The van der Waals surface area contributed by atoms with Gasteiger partial charge in [-0.3, -0.25) is 4.57 Å². The second-order valence-corrected chi connectivity index (χ2v) is 9.20. The fraction of sp³-hybridized carbons (Fsp3) is 0.192. The van der Waals surface area contributed by atoms with E-state index in [9.17, 15) is 8.78 Å². The lowest BCUT2D eigenvalue weighted by Gasteiger charge is -2.28. The number of hydrogen-bond acceptors (Lipinski definition) is 3. The second-order valence-electron chi connectivity index (χ2n) is 8.28. The number of imidazole rings is 1. The van der Waals surface area contributed by atoms with Crippen LogP contribution in [0.3, 0.4) is 0 Å². The summed E-state index contributed by atoms with van der Waals surface area (Å²) in [6.45, 7) is 1.39. The van der Waals surface area contributed by atoms with Crippen LogP contribution in [-0.2, 0) is 0 Å². The van der Waals surface area contributed by atoms with Crippen LogP contribution in [0.15, 0.2) is 77.3 Å². The Hall–Kier alpha value is -3.19. The normalized spacial score (nSPS) is 15.5. The number of allylic oxidation sites excluding steroid dienone is 1. The molecule has 2 heterocycles. The maximum Gasteiger partial charge on any atom is 0.387 e. The number of para-hydroxylation sites is 2. The van der Waals surface area contributed by atoms with E-state index in [1.807, 2.05) is 41.0 Å². The fourth-order valence-corrected chi connectivity index (χ4v) is 4.59. The summed E-state index contributed by atoms with van der Waals surface area (Å²) in [5.74, 6) is 1.21. The highest BCUT2D eigenvalue weighted by Gasteiger charge is 2.28. The monoisotopic (exact) mass is 509 g/mol. The summed E-state index contributed by atoms with van der Waals surface area (Å²) in [6, 6.07) is 20.8. The Labute approximate surface area is 199 Å². The van der Waals surface area contributed by atoms with Crippen molar-refractivity contribution in [2.45, 2.75) is 32.4 Å². The molecule has 4 aromatic rings. The molecule has 0 radical (unpaired) electrons. The van der Waals surface area contributed by atoms with Crippen LogP contribution in [-0.4, -0.2) is 16.2 Å². The molecule has 1 aliphatic heterocycles. The summed E-state index contributed by atoms with van der Waals surface area (Å²) < 4.78 is 34.1. The topological polar surface area (TPSA) is 39.1 Å². The van der Waals surface area contributed by atoms with Gasteiger partial charge >= 0.3 is 6.61 Å². The lowest BCUT2D eigenvalue weighted by molar-refractivity contribution is -0.0505. The van der Waals surface area contributed by atoms with Gasteiger partial charge in [-0.15, -0.1) is 0 Å². The zero-order valence-electron chi connectivity index (χ0n) is 18.1. The number of halogens is 3. The number of aromatic nitrogens is 2. The molecule has 1 N–H and O–H groups in total. The molecule has 168 valence electrons. The molecule has 0 fully saturated rings. The Kier molecular flexibility index (Phi) is 5.66. The van der Waals surface area contributed by atoms with E-state index in [0.29, 0.717) is 17.4 Å². The molecule has 1 aliphatic rings. The van der Waals surface area contributed by atoms with Gasteiger partial charge in [-0.05, 0) is 53.5 Å². The van der Waals surface area contributed by atoms with Crippen molar-refractivity contribution in [2.75, 3.05) is 5.32 Å². The van der Waals surface area contributed by atoms with Crippen LogP contribution in [0.25, 0.3) is 16.7 Å². The third-order valence-electron chi connectivity index (χ3n) is 5.84. The Morgan fingerprint density at radius 1 is 1.03 bits per heavy atom. The van der Waals surface area contributed by atoms with Gasteiger partial charge in [0.25, 0.3) is 0 Å². The minimum Gasteiger partial charge on any atom is -0.434 e. The average Bonchev–Trinajstić information content (AvgIpc) is 3.18. The predicted octanol–water partition coefficient (Wildman–Crippen LogP) is 7.58. The molecule has 0 bridgehead atoms. The van der Waals surface area contributed by atoms with Crippen molar-refractivity contribution in [1.82, 2.24) is 9.55 Å². The van der Waals surface area contributed by atoms with E-state index in [2.05, 4.69) is 59.4 Å². The number of nitrogens with one attached hydrogen (secondary N) is 1. The van der Waals surface area contributed by atoms with Crippen molar-refractivity contribution >= 4 is 38.6 Å². The standard InChI is InChI=1S/C26H22BrF2N3O/c1-15(2)16-7-9-17(10-8-16)21-14-23(19-13-18(27)11-12-24(19)33-25(28)29)32-22-6-4-3-5-20(22)30-26(32)31-21/h3-15,23,25H,1-2H3,(H,30,31)/t23-/m1/s1. The first kappa shape index (κ1) is 21.6. The quantitative estimate of drug-likeness (QED) is 0.301. The first-order chi connectivity index (χ1) is 15.9. The van der Waals surface area contributed by atoms with Gasteiger partial charge in [0.15, 0.2) is 0 Å². The summed E-state index contributed by atoms with van der Waals surface area (Å²) in [5, 5.41) is 3.44. The minimum atomic E-state index is -2.92. The number of ether oxygens (including phenoxy) is 1. The van der Waals surface area contributed by atoms with Crippen molar-refractivity contribution in [1.29, 1.82) is 0 Å². The smallest absolute Gasteiger partial charge is 0.387 e. The second kappa shape index (κ2) is 8.63. The lowest BCUT2D eigenvalue weighted by atomic mass is 9.97. The van der Waals surface area contributed by atoms with Gasteiger partial charge in [-0.25, -0.2) is 4.98 Å². The Balaban J connectivity index is 1.70. The number of hydrogen-bond donors (Lipinski definition) is 1. The minimum absolute atomic E-state index is 0.134. The third kappa shape index (κ3) is 4.13. The SMILES string of the molecule is CC(C)c1ccc(C2=C[C@H](c3cc(Br)ccc3OC(F)F)n3c(nc4ccccc43)N2)cc1. The number of nitrogens with zero attached hydrogens (tertiary/aromatic N) is 2. The van der Waals surface area contributed by atoms with Gasteiger partial charge in [0, 0.05) is 15.7 Å². The van der Waals surface area contributed by atoms with Crippen molar-refractivity contribution in [3.8, 4) is 5.75 Å². The molecule has 0 spiro atoms. The van der Waals surface area contributed by atoms with E-state index in [1.165, 1.54) is 5.56 Å². The highest BCUT2D eigenvalue weighted by molar-refractivity contribution is 9.10. The van der Waals surface area contributed by atoms with E-state index in [1.54, 1.807) is 12.1 Å². The molecule has 0 saturated heterocycles. The summed E-state index contributed by atoms with van der Waals surface area (Å²) >= 11 is 3.49. The predicted molar refractivity (Wildman–Crippen MR) is 131 cm³/mol. The van der Waals surface area contributed by atoms with E-state index in [4.69, 9.17) is 9.72 Å². The van der Waals surface area contributed by atoms with Gasteiger partial charge in [-0.2, -0.15) is 8.78 Å². The number of rotatable bonds is 5. The molecule has 5 rings (SSSR count). The molecule has 1 atom stereocenters. The first-order valence-electron chi connectivity index (χ1n) is 10.7. The van der Waals surface area contributed by atoms with Crippen LogP contribution in [0.5, 0.6) is 5.75 Å². The van der Waals surface area contributed by atoms with Crippen LogP contribution < -0.4 is 10.1 Å². The van der Waals surface area contributed by atoms with Crippen molar-refractivity contribution < 1.29 is 13.5 Å². The van der Waals surface area contributed by atoms with Crippen molar-refractivity contribution in [3.63, 3.8) is 0 Å². The molecule has 0 amide bonds. The maximum absolute atomic E-state index is 13.2. The van der Waals surface area contributed by atoms with Crippen molar-refractivity contribution in [3.05, 3.63) is 94.0 Å². The van der Waals surface area contributed by atoms with Gasteiger partial charge in [0.1, 0.15) is 5.75 Å². The maximum atomic E-state index is 13.2. The molecular formula is C26H22BrF2N3O. The Bertz CT molecular complexity index is 1350. The van der Waals surface area contributed by atoms with E-state index in [0.717, 1.165) is 26.8 Å². The zero-order valence-corrected chi connectivity index (χ0v) is 19.7. The molecular weight excluding hydrogens is 488 g/mol. The lowest BCUT2D eigenvalue weighted by Crippen LogP contribution is -2.20. The Morgan fingerprint density at radius 2 is 1.79 bits per heavy atom. The number of alkyl halides is 2. The molecule has 1 aromatic heterocycles. The molecule has 4 nitrogen and oxygen atoms in total. The zero-order chi connectivity index (χ0) is 23.1. The first-order valence-corrected chi connectivity index (χ1v) is 11.5. The highest BCUT2D eigenvalue weighted by atomic mass is 79.9. The molecule has 33 heavy (non-hydrogen) atoms. The van der Waals surface area contributed by atoms with Gasteiger partial charge in [-0.1, -0.05) is 66.2 Å².